The zero-order chi connectivity index (χ0) is 11.0. The molecule has 0 rings (SSSR count). The van der Waals surface area contributed by atoms with Gasteiger partial charge in [-0.2, -0.15) is 5.26 Å². The van der Waals surface area contributed by atoms with Gasteiger partial charge in [0.15, 0.2) is 0 Å². The van der Waals surface area contributed by atoms with Gasteiger partial charge in [-0.05, 0) is 36.6 Å². The first kappa shape index (κ1) is 13.6. The predicted molar refractivity (Wildman–Crippen MR) is 62.4 cm³/mol. The van der Waals surface area contributed by atoms with Crippen molar-refractivity contribution in [2.45, 2.75) is 20.8 Å². The Hall–Kier alpha value is -0.440. The lowest BCUT2D eigenvalue weighted by Crippen LogP contribution is -2.14. The summed E-state index contributed by atoms with van der Waals surface area (Å²) in [4.78, 5) is 11.9. The van der Waals surface area contributed by atoms with E-state index in [1.165, 1.54) is 0 Å². The van der Waals surface area contributed by atoms with Crippen LogP contribution in [-0.4, -0.2) is 11.7 Å². The van der Waals surface area contributed by atoms with Crippen LogP contribution < -0.4 is 4.72 Å². The second-order valence-electron chi connectivity index (χ2n) is 2.98. The van der Waals surface area contributed by atoms with Crippen LogP contribution >= 0.6 is 23.7 Å². The van der Waals surface area contributed by atoms with Gasteiger partial charge in [0.2, 0.25) is 5.12 Å². The predicted octanol–water partition coefficient (Wildman–Crippen LogP) is 2.52. The van der Waals surface area contributed by atoms with Gasteiger partial charge in [-0.25, -0.2) is 0 Å². The number of hydrogen-bond donors (Lipinski definition) is 1. The van der Waals surface area contributed by atoms with Crippen molar-refractivity contribution in [1.29, 1.82) is 5.26 Å². The Bertz CT molecular complexity index is 256. The molecule has 0 aliphatic carbocycles. The third-order valence-corrected chi connectivity index (χ3v) is 2.85. The number of nitrogens with one attached hydrogen (secondary N) is 1. The standard InChI is InChI=1S/C9H14N2OS2/c1-4-8(13-6-10)9(12)14-11-5-7(2)3/h4,7,11H,5H2,1-3H3/b8-4+. The third-order valence-electron chi connectivity index (χ3n) is 1.28. The summed E-state index contributed by atoms with van der Waals surface area (Å²) in [5, 5.41) is 10.2. The molecule has 0 fully saturated rings. The van der Waals surface area contributed by atoms with Crippen LogP contribution in [0.15, 0.2) is 11.0 Å². The highest BCUT2D eigenvalue weighted by Gasteiger charge is 2.09. The second-order valence-corrected chi connectivity index (χ2v) is 4.67. The molecule has 0 aromatic heterocycles. The van der Waals surface area contributed by atoms with E-state index in [0.717, 1.165) is 30.3 Å². The summed E-state index contributed by atoms with van der Waals surface area (Å²) in [6, 6.07) is 0. The van der Waals surface area contributed by atoms with Gasteiger partial charge >= 0.3 is 0 Å². The maximum atomic E-state index is 11.4. The average Bonchev–Trinajstić information content (AvgIpc) is 2.13. The van der Waals surface area contributed by atoms with Crippen LogP contribution in [0, 0.1) is 16.6 Å². The quantitative estimate of drug-likeness (QED) is 0.447. The number of nitrogens with zero attached hydrogens (tertiary/aromatic N) is 1. The number of rotatable bonds is 5. The minimum atomic E-state index is -0.0975. The van der Waals surface area contributed by atoms with Crippen LogP contribution in [0.2, 0.25) is 0 Å². The number of carbonyl (C=O) groups excluding carboxylic acids is 1. The Labute approximate surface area is 93.5 Å². The zero-order valence-electron chi connectivity index (χ0n) is 8.53. The number of allylic oxidation sites excluding steroid dienone is 1. The van der Waals surface area contributed by atoms with Gasteiger partial charge in [0.05, 0.1) is 4.91 Å². The van der Waals surface area contributed by atoms with E-state index in [1.807, 2.05) is 5.40 Å². The highest BCUT2D eigenvalue weighted by atomic mass is 32.2. The Morgan fingerprint density at radius 3 is 2.71 bits per heavy atom. The highest BCUT2D eigenvalue weighted by molar-refractivity contribution is 8.17. The van der Waals surface area contributed by atoms with Crippen molar-refractivity contribution in [3.05, 3.63) is 11.0 Å². The molecule has 0 aromatic rings. The highest BCUT2D eigenvalue weighted by Crippen LogP contribution is 2.19. The summed E-state index contributed by atoms with van der Waals surface area (Å²) in [6.45, 7) is 6.67. The van der Waals surface area contributed by atoms with Crippen LogP contribution in [-0.2, 0) is 4.79 Å². The fourth-order valence-corrected chi connectivity index (χ4v) is 1.91. The molecule has 0 aromatic carbocycles. The molecule has 0 atom stereocenters. The minimum Gasteiger partial charge on any atom is -0.280 e. The largest absolute Gasteiger partial charge is 0.280 e. The van der Waals surface area contributed by atoms with E-state index >= 15 is 0 Å². The van der Waals surface area contributed by atoms with E-state index < -0.39 is 0 Å². The van der Waals surface area contributed by atoms with Crippen molar-refractivity contribution in [2.75, 3.05) is 6.54 Å². The lowest BCUT2D eigenvalue weighted by Gasteiger charge is -2.05. The molecule has 0 heterocycles. The van der Waals surface area contributed by atoms with Crippen LogP contribution in [0.3, 0.4) is 0 Å². The molecule has 0 saturated carbocycles. The molecule has 0 amide bonds. The summed E-state index contributed by atoms with van der Waals surface area (Å²) >= 11 is 1.95. The Morgan fingerprint density at radius 1 is 1.64 bits per heavy atom. The molecule has 3 nitrogen and oxygen atoms in total. The van der Waals surface area contributed by atoms with E-state index in [2.05, 4.69) is 18.6 Å². The molecule has 5 heteroatoms. The second kappa shape index (κ2) is 7.92. The van der Waals surface area contributed by atoms with Crippen LogP contribution in [0.1, 0.15) is 20.8 Å². The number of thioether (sulfide) groups is 1. The van der Waals surface area contributed by atoms with Crippen molar-refractivity contribution >= 4 is 28.8 Å². The van der Waals surface area contributed by atoms with E-state index in [0.29, 0.717) is 10.8 Å². The van der Waals surface area contributed by atoms with Crippen LogP contribution in [0.4, 0.5) is 0 Å². The van der Waals surface area contributed by atoms with E-state index in [4.69, 9.17) is 5.26 Å². The van der Waals surface area contributed by atoms with Gasteiger partial charge < -0.3 is 0 Å². The molecular formula is C9H14N2OS2. The maximum Gasteiger partial charge on any atom is 0.241 e. The topological polar surface area (TPSA) is 52.9 Å². The molecular weight excluding hydrogens is 216 g/mol. The van der Waals surface area contributed by atoms with Crippen molar-refractivity contribution in [3.8, 4) is 5.40 Å². The number of carbonyl (C=O) groups is 1. The first-order valence-corrected chi connectivity index (χ1v) is 5.91. The number of hydrogen-bond acceptors (Lipinski definition) is 5. The molecule has 0 aliphatic heterocycles. The van der Waals surface area contributed by atoms with Gasteiger partial charge in [0.1, 0.15) is 5.40 Å². The Morgan fingerprint density at radius 2 is 2.29 bits per heavy atom. The summed E-state index contributed by atoms with van der Waals surface area (Å²) in [5.41, 5.74) is 0. The minimum absolute atomic E-state index is 0.0975. The number of nitriles is 1. The monoisotopic (exact) mass is 230 g/mol. The fourth-order valence-electron chi connectivity index (χ4n) is 0.592. The summed E-state index contributed by atoms with van der Waals surface area (Å²) in [6.07, 6.45) is 1.65. The van der Waals surface area contributed by atoms with Gasteiger partial charge in [-0.3, -0.25) is 9.52 Å². The molecule has 0 spiro atoms. The molecule has 78 valence electrons. The molecule has 0 saturated heterocycles. The maximum absolute atomic E-state index is 11.4. The molecule has 0 radical (unpaired) electrons. The molecule has 0 aliphatic rings. The van der Waals surface area contributed by atoms with Crippen LogP contribution in [0.25, 0.3) is 0 Å². The SMILES string of the molecule is C/C=C(/SC#N)C(=O)SNCC(C)C. The Kier molecular flexibility index (Phi) is 7.67. The van der Waals surface area contributed by atoms with Crippen molar-refractivity contribution < 1.29 is 4.79 Å². The van der Waals surface area contributed by atoms with E-state index in [-0.39, 0.29) is 5.12 Å². The zero-order valence-corrected chi connectivity index (χ0v) is 10.2. The van der Waals surface area contributed by atoms with Gasteiger partial charge in [0, 0.05) is 6.54 Å². The summed E-state index contributed by atoms with van der Waals surface area (Å²) in [7, 11) is 0. The summed E-state index contributed by atoms with van der Waals surface area (Å²) < 4.78 is 2.96. The third kappa shape index (κ3) is 6.08. The lowest BCUT2D eigenvalue weighted by molar-refractivity contribution is -0.107. The average molecular weight is 230 g/mol. The normalized spacial score (nSPS) is 11.5. The summed E-state index contributed by atoms with van der Waals surface area (Å²) in [5.74, 6) is 0.507. The lowest BCUT2D eigenvalue weighted by atomic mass is 10.2. The van der Waals surface area contributed by atoms with Crippen LogP contribution in [0.5, 0.6) is 0 Å². The molecule has 1 N–H and O–H groups in total. The van der Waals surface area contributed by atoms with Gasteiger partial charge in [-0.1, -0.05) is 19.9 Å². The van der Waals surface area contributed by atoms with Crippen molar-refractivity contribution in [1.82, 2.24) is 4.72 Å². The van der Waals surface area contributed by atoms with Gasteiger partial charge in [-0.15, -0.1) is 0 Å². The van der Waals surface area contributed by atoms with E-state index in [9.17, 15) is 4.79 Å². The van der Waals surface area contributed by atoms with Crippen molar-refractivity contribution in [2.24, 2.45) is 5.92 Å². The first-order chi connectivity index (χ1) is 6.61. The van der Waals surface area contributed by atoms with E-state index in [1.54, 1.807) is 13.0 Å². The molecule has 0 unspecified atom stereocenters. The van der Waals surface area contributed by atoms with Gasteiger partial charge in [0.25, 0.3) is 0 Å². The van der Waals surface area contributed by atoms with Crippen molar-refractivity contribution in [3.63, 3.8) is 0 Å². The fraction of sp³-hybridized carbons (Fsp3) is 0.556. The first-order valence-electron chi connectivity index (χ1n) is 4.28. The smallest absolute Gasteiger partial charge is 0.241 e. The number of thiocyanates is 1. The molecule has 0 bridgehead atoms. The Balaban J connectivity index is 3.90. The molecule has 14 heavy (non-hydrogen) atoms.